The third-order valence-electron chi connectivity index (χ3n) is 3.11. The highest BCUT2D eigenvalue weighted by atomic mass is 16.5. The smallest absolute Gasteiger partial charge is 0.319 e. The van der Waals surface area contributed by atoms with Crippen LogP contribution in [0.25, 0.3) is 0 Å². The van der Waals surface area contributed by atoms with Crippen LogP contribution < -0.4 is 15.4 Å². The van der Waals surface area contributed by atoms with Crippen molar-refractivity contribution in [1.82, 2.24) is 5.32 Å². The number of ether oxygens (including phenoxy) is 1. The van der Waals surface area contributed by atoms with Gasteiger partial charge in [0.15, 0.2) is 0 Å². The molecule has 0 bridgehead atoms. The van der Waals surface area contributed by atoms with Crippen LogP contribution in [0, 0.1) is 6.92 Å². The van der Waals surface area contributed by atoms with Crippen molar-refractivity contribution in [1.29, 1.82) is 0 Å². The summed E-state index contributed by atoms with van der Waals surface area (Å²) in [5, 5.41) is 5.64. The number of hydrogen-bond donors (Lipinski definition) is 2. The fraction of sp³-hybridized carbons (Fsp3) is 0.211. The van der Waals surface area contributed by atoms with E-state index in [1.54, 1.807) is 6.07 Å². The summed E-state index contributed by atoms with van der Waals surface area (Å²) in [6.45, 7) is 8.67. The van der Waals surface area contributed by atoms with Crippen LogP contribution in [-0.2, 0) is 6.54 Å². The number of anilines is 1. The molecule has 4 nitrogen and oxygen atoms in total. The second-order valence-electron chi connectivity index (χ2n) is 5.57. The monoisotopic (exact) mass is 310 g/mol. The molecule has 0 aliphatic heterocycles. The third-order valence-corrected chi connectivity index (χ3v) is 3.11. The molecule has 23 heavy (non-hydrogen) atoms. The topological polar surface area (TPSA) is 50.4 Å². The summed E-state index contributed by atoms with van der Waals surface area (Å²) >= 11 is 0. The minimum atomic E-state index is -0.247. The first-order valence-electron chi connectivity index (χ1n) is 7.50. The Labute approximate surface area is 137 Å². The van der Waals surface area contributed by atoms with Crippen LogP contribution in [0.5, 0.6) is 5.75 Å². The van der Waals surface area contributed by atoms with Crippen molar-refractivity contribution in [2.75, 3.05) is 11.9 Å². The lowest BCUT2D eigenvalue weighted by atomic mass is 10.1. The van der Waals surface area contributed by atoms with Crippen molar-refractivity contribution in [3.8, 4) is 5.75 Å². The molecule has 2 rings (SSSR count). The molecule has 0 aromatic heterocycles. The number of carbonyl (C=O) groups is 1. The molecule has 0 unspecified atom stereocenters. The maximum absolute atomic E-state index is 12.0. The summed E-state index contributed by atoms with van der Waals surface area (Å²) in [5.74, 6) is 0.699. The van der Waals surface area contributed by atoms with Crippen LogP contribution in [0.3, 0.4) is 0 Å². The zero-order chi connectivity index (χ0) is 16.7. The number of nitrogens with one attached hydrogen (secondary N) is 2. The SMILES string of the molecule is C=C(C)COc1cccc(NC(=O)NCc2cccc(C)c2)c1. The molecule has 0 atom stereocenters. The first-order chi connectivity index (χ1) is 11.0. The van der Waals surface area contributed by atoms with Gasteiger partial charge < -0.3 is 15.4 Å². The number of rotatable bonds is 6. The van der Waals surface area contributed by atoms with Crippen molar-refractivity contribution >= 4 is 11.7 Å². The van der Waals surface area contributed by atoms with E-state index in [1.807, 2.05) is 56.3 Å². The lowest BCUT2D eigenvalue weighted by molar-refractivity contribution is 0.251. The lowest BCUT2D eigenvalue weighted by Gasteiger charge is -2.10. The molecule has 120 valence electrons. The molecule has 0 aliphatic carbocycles. The molecule has 0 saturated carbocycles. The van der Waals surface area contributed by atoms with Gasteiger partial charge >= 0.3 is 6.03 Å². The number of aryl methyl sites for hydroxylation is 1. The van der Waals surface area contributed by atoms with Crippen molar-refractivity contribution < 1.29 is 9.53 Å². The van der Waals surface area contributed by atoms with Gasteiger partial charge in [-0.3, -0.25) is 0 Å². The zero-order valence-corrected chi connectivity index (χ0v) is 13.6. The molecule has 0 spiro atoms. The first kappa shape index (κ1) is 16.6. The molecule has 0 radical (unpaired) electrons. The molecule has 2 aromatic carbocycles. The molecule has 2 amide bonds. The largest absolute Gasteiger partial charge is 0.489 e. The van der Waals surface area contributed by atoms with Crippen molar-refractivity contribution in [3.63, 3.8) is 0 Å². The fourth-order valence-electron chi connectivity index (χ4n) is 2.05. The van der Waals surface area contributed by atoms with Gasteiger partial charge in [0.05, 0.1) is 0 Å². The van der Waals surface area contributed by atoms with Crippen LogP contribution in [0.15, 0.2) is 60.7 Å². The molecule has 0 aliphatic rings. The average molecular weight is 310 g/mol. The quantitative estimate of drug-likeness (QED) is 0.783. The van der Waals surface area contributed by atoms with Crippen LogP contribution in [0.1, 0.15) is 18.1 Å². The molecular formula is C19H22N2O2. The van der Waals surface area contributed by atoms with E-state index in [1.165, 1.54) is 5.56 Å². The maximum Gasteiger partial charge on any atom is 0.319 e. The molecule has 0 fully saturated rings. The van der Waals surface area contributed by atoms with Crippen molar-refractivity contribution in [3.05, 3.63) is 71.8 Å². The Morgan fingerprint density at radius 2 is 1.96 bits per heavy atom. The van der Waals surface area contributed by atoms with Crippen LogP contribution in [0.4, 0.5) is 10.5 Å². The van der Waals surface area contributed by atoms with Gasteiger partial charge in [0.2, 0.25) is 0 Å². The minimum Gasteiger partial charge on any atom is -0.489 e. The highest BCUT2D eigenvalue weighted by Gasteiger charge is 2.03. The van der Waals surface area contributed by atoms with E-state index >= 15 is 0 Å². The second-order valence-corrected chi connectivity index (χ2v) is 5.57. The summed E-state index contributed by atoms with van der Waals surface area (Å²) in [4.78, 5) is 12.0. The Kier molecular flexibility index (Phi) is 5.80. The molecular weight excluding hydrogens is 288 g/mol. The average Bonchev–Trinajstić information content (AvgIpc) is 2.51. The van der Waals surface area contributed by atoms with E-state index in [0.29, 0.717) is 24.6 Å². The first-order valence-corrected chi connectivity index (χ1v) is 7.50. The number of amides is 2. The molecule has 2 N–H and O–H groups in total. The summed E-state index contributed by atoms with van der Waals surface area (Å²) < 4.78 is 5.56. The Morgan fingerprint density at radius 3 is 2.70 bits per heavy atom. The molecule has 0 heterocycles. The Balaban J connectivity index is 1.87. The van der Waals surface area contributed by atoms with Gasteiger partial charge in [-0.2, -0.15) is 0 Å². The summed E-state index contributed by atoms with van der Waals surface area (Å²) in [5.41, 5.74) is 3.87. The van der Waals surface area contributed by atoms with Crippen LogP contribution >= 0.6 is 0 Å². The highest BCUT2D eigenvalue weighted by molar-refractivity contribution is 5.89. The van der Waals surface area contributed by atoms with Gasteiger partial charge in [-0.25, -0.2) is 4.79 Å². The summed E-state index contributed by atoms with van der Waals surface area (Å²) in [6.07, 6.45) is 0. The van der Waals surface area contributed by atoms with E-state index in [4.69, 9.17) is 4.74 Å². The van der Waals surface area contributed by atoms with Gasteiger partial charge in [-0.1, -0.05) is 42.5 Å². The maximum atomic E-state index is 12.0. The van der Waals surface area contributed by atoms with Gasteiger partial charge in [0, 0.05) is 18.3 Å². The van der Waals surface area contributed by atoms with Crippen molar-refractivity contribution in [2.45, 2.75) is 20.4 Å². The van der Waals surface area contributed by atoms with Gasteiger partial charge in [0.25, 0.3) is 0 Å². The van der Waals surface area contributed by atoms with E-state index in [2.05, 4.69) is 17.2 Å². The van der Waals surface area contributed by atoms with Gasteiger partial charge in [0.1, 0.15) is 12.4 Å². The Bertz CT molecular complexity index is 695. The number of hydrogen-bond acceptors (Lipinski definition) is 2. The zero-order valence-electron chi connectivity index (χ0n) is 13.6. The highest BCUT2D eigenvalue weighted by Crippen LogP contribution is 2.17. The van der Waals surface area contributed by atoms with Crippen molar-refractivity contribution in [2.24, 2.45) is 0 Å². The van der Waals surface area contributed by atoms with Gasteiger partial charge in [-0.15, -0.1) is 0 Å². The minimum absolute atomic E-state index is 0.247. The second kappa shape index (κ2) is 8.03. The Morgan fingerprint density at radius 1 is 1.17 bits per heavy atom. The predicted molar refractivity (Wildman–Crippen MR) is 93.8 cm³/mol. The van der Waals surface area contributed by atoms with Gasteiger partial charge in [-0.05, 0) is 37.1 Å². The summed E-state index contributed by atoms with van der Waals surface area (Å²) in [6, 6.07) is 15.1. The van der Waals surface area contributed by atoms with Crippen LogP contribution in [-0.4, -0.2) is 12.6 Å². The molecule has 4 heteroatoms. The lowest BCUT2D eigenvalue weighted by Crippen LogP contribution is -2.28. The molecule has 2 aromatic rings. The number of benzene rings is 2. The van der Waals surface area contributed by atoms with E-state index < -0.39 is 0 Å². The van der Waals surface area contributed by atoms with E-state index in [9.17, 15) is 4.79 Å². The molecule has 0 saturated heterocycles. The number of carbonyl (C=O) groups excluding carboxylic acids is 1. The predicted octanol–water partition coefficient (Wildman–Crippen LogP) is 4.27. The number of urea groups is 1. The Hall–Kier alpha value is -2.75. The van der Waals surface area contributed by atoms with E-state index in [0.717, 1.165) is 11.1 Å². The normalized spacial score (nSPS) is 10.0. The third kappa shape index (κ3) is 5.87. The van der Waals surface area contributed by atoms with Crippen LogP contribution in [0.2, 0.25) is 0 Å². The van der Waals surface area contributed by atoms with E-state index in [-0.39, 0.29) is 6.03 Å². The standard InChI is InChI=1S/C19H22N2O2/c1-14(2)13-23-18-9-5-8-17(11-18)21-19(22)20-12-16-7-4-6-15(3)10-16/h4-11H,1,12-13H2,2-3H3,(H2,20,21,22). The fourth-order valence-corrected chi connectivity index (χ4v) is 2.05. The summed E-state index contributed by atoms with van der Waals surface area (Å²) in [7, 11) is 0.